The van der Waals surface area contributed by atoms with Crippen LogP contribution in [0.1, 0.15) is 0 Å². The van der Waals surface area contributed by atoms with Gasteiger partial charge >= 0.3 is 0 Å². The Morgan fingerprint density at radius 1 is 0.646 bits per heavy atom. The molecule has 0 fully saturated rings. The average molecular weight is 661 g/mol. The summed E-state index contributed by atoms with van der Waals surface area (Å²) in [6, 6.07) is 35.3. The molecule has 0 aliphatic carbocycles. The number of aliphatic hydroxyl groups excluding tert-OH is 2. The van der Waals surface area contributed by atoms with Crippen molar-refractivity contribution < 1.29 is 33.7 Å². The molecule has 244 valence electrons. The van der Waals surface area contributed by atoms with Crippen LogP contribution in [0.15, 0.2) is 146 Å². The minimum Gasteiger partial charge on any atom is -0.498 e. The monoisotopic (exact) mass is 660 g/mol. The number of benzene rings is 5. The Hall–Kier alpha value is -5.07. The molecular formula is C40H37O7P. The Morgan fingerprint density at radius 3 is 2.15 bits per heavy atom. The summed E-state index contributed by atoms with van der Waals surface area (Å²) in [6.45, 7) is 3.77. The first kappa shape index (κ1) is 32.9. The number of para-hydroxylation sites is 2. The van der Waals surface area contributed by atoms with Gasteiger partial charge in [-0.15, -0.1) is 0 Å². The van der Waals surface area contributed by atoms with E-state index < -0.39 is 20.4 Å². The van der Waals surface area contributed by atoms with Crippen molar-refractivity contribution in [1.29, 1.82) is 0 Å². The lowest BCUT2D eigenvalue weighted by Gasteiger charge is -2.30. The van der Waals surface area contributed by atoms with E-state index in [4.69, 9.17) is 23.5 Å². The number of fused-ring (bicyclic) bond motifs is 4. The predicted octanol–water partition coefficient (Wildman–Crippen LogP) is 7.08. The van der Waals surface area contributed by atoms with E-state index in [1.165, 1.54) is 6.26 Å². The second-order valence-corrected chi connectivity index (χ2v) is 12.7. The minimum absolute atomic E-state index is 0.00944. The van der Waals surface area contributed by atoms with E-state index in [0.717, 1.165) is 38.3 Å². The fourth-order valence-electron chi connectivity index (χ4n) is 5.28. The normalized spacial score (nSPS) is 14.9. The average Bonchev–Trinajstić information content (AvgIpc) is 3.13. The van der Waals surface area contributed by atoms with Gasteiger partial charge in [-0.1, -0.05) is 110 Å². The Labute approximate surface area is 281 Å². The first-order valence-electron chi connectivity index (χ1n) is 15.7. The molecule has 0 amide bonds. The van der Waals surface area contributed by atoms with Crippen molar-refractivity contribution in [2.45, 2.75) is 12.2 Å². The molecule has 1 aliphatic heterocycles. The summed E-state index contributed by atoms with van der Waals surface area (Å²) in [5.74, 6) is 2.63. The van der Waals surface area contributed by atoms with E-state index in [9.17, 15) is 10.2 Å². The highest BCUT2D eigenvalue weighted by Crippen LogP contribution is 2.51. The molecule has 1 heterocycles. The van der Waals surface area contributed by atoms with Crippen LogP contribution in [0, 0.1) is 0 Å². The maximum atomic E-state index is 10.8. The highest BCUT2D eigenvalue weighted by molar-refractivity contribution is 7.69. The summed E-state index contributed by atoms with van der Waals surface area (Å²) in [5, 5.41) is 25.0. The third-order valence-corrected chi connectivity index (χ3v) is 9.48. The second-order valence-electron chi connectivity index (χ2n) is 11.0. The van der Waals surface area contributed by atoms with Crippen LogP contribution >= 0.6 is 8.15 Å². The van der Waals surface area contributed by atoms with Crippen LogP contribution in [0.4, 0.5) is 0 Å². The Balaban J connectivity index is 1.32. The fourth-order valence-corrected chi connectivity index (χ4v) is 7.33. The van der Waals surface area contributed by atoms with Crippen LogP contribution < -0.4 is 29.3 Å². The molecule has 7 nitrogen and oxygen atoms in total. The van der Waals surface area contributed by atoms with Gasteiger partial charge in [0.25, 0.3) is 0 Å². The van der Waals surface area contributed by atoms with Gasteiger partial charge in [-0.05, 0) is 35.9 Å². The summed E-state index contributed by atoms with van der Waals surface area (Å²) in [6.07, 6.45) is 6.71. The molecule has 0 spiro atoms. The van der Waals surface area contributed by atoms with E-state index in [2.05, 4.69) is 24.8 Å². The summed E-state index contributed by atoms with van der Waals surface area (Å²) in [7, 11) is -1.42. The molecule has 0 saturated carbocycles. The van der Waals surface area contributed by atoms with Gasteiger partial charge in [0, 0.05) is 21.6 Å². The van der Waals surface area contributed by atoms with Gasteiger partial charge < -0.3 is 33.7 Å². The minimum atomic E-state index is -1.42. The largest absolute Gasteiger partial charge is 0.498 e. The van der Waals surface area contributed by atoms with Gasteiger partial charge in [0.1, 0.15) is 61.6 Å². The van der Waals surface area contributed by atoms with Crippen LogP contribution in [0.5, 0.6) is 23.0 Å². The molecule has 3 unspecified atom stereocenters. The molecule has 8 heteroatoms. The molecule has 5 aromatic rings. The first-order chi connectivity index (χ1) is 23.6. The van der Waals surface area contributed by atoms with E-state index in [-0.39, 0.29) is 26.4 Å². The molecule has 1 aliphatic rings. The van der Waals surface area contributed by atoms with Crippen LogP contribution in [0.25, 0.3) is 21.9 Å². The van der Waals surface area contributed by atoms with E-state index in [1.807, 2.05) is 91.0 Å². The van der Waals surface area contributed by atoms with Gasteiger partial charge in [-0.2, -0.15) is 0 Å². The summed E-state index contributed by atoms with van der Waals surface area (Å²) in [5.41, 5.74) is 2.11. The molecule has 0 bridgehead atoms. The van der Waals surface area contributed by atoms with E-state index >= 15 is 0 Å². The SMILES string of the molecule is C=C/C=C\C=C/OCC(O)COc1c(P2Oc3ccccc3-c3ccccc32)cc(OCC(O)COc2ccccc2)c2ccccc12. The molecule has 0 radical (unpaired) electrons. The number of hydrogen-bond acceptors (Lipinski definition) is 7. The van der Waals surface area contributed by atoms with Crippen LogP contribution in [-0.2, 0) is 4.74 Å². The van der Waals surface area contributed by atoms with Crippen LogP contribution in [-0.4, -0.2) is 48.8 Å². The van der Waals surface area contributed by atoms with Gasteiger partial charge in [0.05, 0.1) is 11.6 Å². The number of hydrogen-bond donors (Lipinski definition) is 2. The quantitative estimate of drug-likeness (QED) is 0.0706. The van der Waals surface area contributed by atoms with Crippen LogP contribution in [0.3, 0.4) is 0 Å². The van der Waals surface area contributed by atoms with Gasteiger partial charge in [-0.3, -0.25) is 0 Å². The van der Waals surface area contributed by atoms with Crippen molar-refractivity contribution in [1.82, 2.24) is 0 Å². The van der Waals surface area contributed by atoms with E-state index in [0.29, 0.717) is 17.2 Å². The standard InChI is InChI=1S/C40H37O7P/c1-2-3-4-14-23-43-25-29(41)28-46-40-35-20-9-8-18-33(35)37(45-27-30(42)26-44-31-15-6-5-7-16-31)24-39(40)48-38-22-13-11-19-34(38)32-17-10-12-21-36(32)47-48/h2-24,29-30,41-42H,1,25-28H2/b4-3-,23-14-. The molecule has 0 aromatic heterocycles. The number of aliphatic hydroxyl groups is 2. The Kier molecular flexibility index (Phi) is 11.1. The lowest BCUT2D eigenvalue weighted by molar-refractivity contribution is 0.0471. The topological polar surface area (TPSA) is 86.6 Å². The summed E-state index contributed by atoms with van der Waals surface area (Å²) >= 11 is 0. The molecular weight excluding hydrogens is 623 g/mol. The van der Waals surface area contributed by atoms with Crippen molar-refractivity contribution in [3.63, 3.8) is 0 Å². The first-order valence-corrected chi connectivity index (χ1v) is 17.0. The van der Waals surface area contributed by atoms with Crippen molar-refractivity contribution in [2.75, 3.05) is 26.4 Å². The lowest BCUT2D eigenvalue weighted by Crippen LogP contribution is -2.28. The van der Waals surface area contributed by atoms with E-state index in [1.54, 1.807) is 24.3 Å². The Bertz CT molecular complexity index is 1890. The number of ether oxygens (including phenoxy) is 4. The number of allylic oxidation sites excluding steroid dienone is 4. The summed E-state index contributed by atoms with van der Waals surface area (Å²) < 4.78 is 30.8. The fraction of sp³-hybridized carbons (Fsp3) is 0.150. The van der Waals surface area contributed by atoms with Gasteiger partial charge in [0.15, 0.2) is 8.15 Å². The van der Waals surface area contributed by atoms with Crippen molar-refractivity contribution in [3.05, 3.63) is 146 Å². The van der Waals surface area contributed by atoms with Crippen molar-refractivity contribution in [2.24, 2.45) is 0 Å². The lowest BCUT2D eigenvalue weighted by atomic mass is 10.0. The highest BCUT2D eigenvalue weighted by atomic mass is 31.1. The second kappa shape index (κ2) is 16.2. The molecule has 0 saturated heterocycles. The summed E-state index contributed by atoms with van der Waals surface area (Å²) in [4.78, 5) is 0. The predicted molar refractivity (Wildman–Crippen MR) is 192 cm³/mol. The third-order valence-electron chi connectivity index (χ3n) is 7.50. The smallest absolute Gasteiger partial charge is 0.155 e. The zero-order chi connectivity index (χ0) is 33.1. The third kappa shape index (κ3) is 7.89. The van der Waals surface area contributed by atoms with Gasteiger partial charge in [0.2, 0.25) is 0 Å². The zero-order valence-corrected chi connectivity index (χ0v) is 27.2. The van der Waals surface area contributed by atoms with Crippen molar-refractivity contribution >= 4 is 29.5 Å². The molecule has 2 N–H and O–H groups in total. The maximum Gasteiger partial charge on any atom is 0.155 e. The Morgan fingerprint density at radius 2 is 1.31 bits per heavy atom. The zero-order valence-electron chi connectivity index (χ0n) is 26.4. The van der Waals surface area contributed by atoms with Crippen LogP contribution in [0.2, 0.25) is 0 Å². The van der Waals surface area contributed by atoms with Crippen molar-refractivity contribution in [3.8, 4) is 34.1 Å². The molecule has 5 aromatic carbocycles. The van der Waals surface area contributed by atoms with Gasteiger partial charge in [-0.25, -0.2) is 0 Å². The maximum absolute atomic E-state index is 10.8. The molecule has 48 heavy (non-hydrogen) atoms. The highest BCUT2D eigenvalue weighted by Gasteiger charge is 2.32. The molecule has 6 rings (SSSR count). The molecule has 3 atom stereocenters. The number of rotatable bonds is 15.